The molecule has 40 valence electrons. The first-order valence-electron chi connectivity index (χ1n) is 2.78. The molecule has 0 bridgehead atoms. The van der Waals surface area contributed by atoms with E-state index >= 15 is 0 Å². The maximum absolute atomic E-state index is 10.0. The predicted octanol–water partition coefficient (Wildman–Crippen LogP) is 1.04. The van der Waals surface area contributed by atoms with Gasteiger partial charge in [0, 0.05) is 8.31 Å². The summed E-state index contributed by atoms with van der Waals surface area (Å²) in [5.74, 6) is -1.29. The van der Waals surface area contributed by atoms with Gasteiger partial charge in [-0.05, 0) is 6.37 Å². The zero-order valence-electron chi connectivity index (χ0n) is 6.06. The van der Waals surface area contributed by atoms with E-state index < -0.39 is 17.9 Å². The summed E-state index contributed by atoms with van der Waals surface area (Å²) in [6.07, 6.45) is -1.81. The third-order valence-corrected chi connectivity index (χ3v) is 0.560. The maximum atomic E-state index is 10.0. The SMILES string of the molecule is [2H]C([2H])(C)C(=C)C(=O)O. The summed E-state index contributed by atoms with van der Waals surface area (Å²) in [7, 11) is 0. The van der Waals surface area contributed by atoms with Crippen LogP contribution >= 0.6 is 0 Å². The van der Waals surface area contributed by atoms with Crippen molar-refractivity contribution in [2.45, 2.75) is 13.3 Å². The molecule has 0 aliphatic rings. The Morgan fingerprint density at radius 1 is 2.14 bits per heavy atom. The molecule has 0 aliphatic carbocycles. The van der Waals surface area contributed by atoms with Crippen LogP contribution in [-0.2, 0) is 4.79 Å². The fourth-order valence-electron chi connectivity index (χ4n) is 0.107. The Morgan fingerprint density at radius 3 is 2.57 bits per heavy atom. The lowest BCUT2D eigenvalue weighted by Gasteiger charge is -1.87. The van der Waals surface area contributed by atoms with Crippen LogP contribution in [0.15, 0.2) is 12.2 Å². The number of aliphatic carboxylic acids is 1. The third kappa shape index (κ3) is 1.98. The third-order valence-electron chi connectivity index (χ3n) is 0.560. The maximum Gasteiger partial charge on any atom is 0.330 e. The van der Waals surface area contributed by atoms with Crippen LogP contribution in [0.4, 0.5) is 0 Å². The Morgan fingerprint density at radius 2 is 2.57 bits per heavy atom. The van der Waals surface area contributed by atoms with Crippen LogP contribution in [0, 0.1) is 0 Å². The molecule has 0 aromatic carbocycles. The van der Waals surface area contributed by atoms with Gasteiger partial charge in [-0.15, -0.1) is 0 Å². The lowest BCUT2D eigenvalue weighted by molar-refractivity contribution is -0.132. The Balaban J connectivity index is 4.23. The van der Waals surface area contributed by atoms with Gasteiger partial charge in [0.1, 0.15) is 0 Å². The van der Waals surface area contributed by atoms with E-state index in [1.165, 1.54) is 0 Å². The number of rotatable bonds is 2. The molecular weight excluding hydrogens is 92.1 g/mol. The monoisotopic (exact) mass is 102 g/mol. The van der Waals surface area contributed by atoms with Crippen molar-refractivity contribution >= 4 is 5.97 Å². The molecule has 2 heteroatoms. The summed E-state index contributed by atoms with van der Waals surface area (Å²) in [6.45, 7) is 4.21. The highest BCUT2D eigenvalue weighted by molar-refractivity contribution is 5.85. The molecule has 0 atom stereocenters. The van der Waals surface area contributed by atoms with Gasteiger partial charge in [-0.25, -0.2) is 4.79 Å². The van der Waals surface area contributed by atoms with Crippen molar-refractivity contribution in [1.82, 2.24) is 0 Å². The van der Waals surface area contributed by atoms with E-state index in [9.17, 15) is 4.79 Å². The minimum absolute atomic E-state index is 0.414. The molecule has 2 nitrogen and oxygen atoms in total. The molecule has 0 aromatic heterocycles. The van der Waals surface area contributed by atoms with Gasteiger partial charge in [0.25, 0.3) is 0 Å². The molecule has 0 radical (unpaired) electrons. The van der Waals surface area contributed by atoms with E-state index in [4.69, 9.17) is 7.85 Å². The van der Waals surface area contributed by atoms with Crippen LogP contribution in [0.1, 0.15) is 16.0 Å². The van der Waals surface area contributed by atoms with E-state index in [0.717, 1.165) is 6.92 Å². The zero-order chi connectivity index (χ0) is 7.65. The summed E-state index contributed by atoms with van der Waals surface area (Å²) < 4.78 is 13.7. The molecule has 0 fully saturated rings. The second-order valence-corrected chi connectivity index (χ2v) is 1.03. The van der Waals surface area contributed by atoms with Crippen molar-refractivity contribution in [3.63, 3.8) is 0 Å². The van der Waals surface area contributed by atoms with E-state index in [0.29, 0.717) is 0 Å². The molecule has 0 saturated heterocycles. The van der Waals surface area contributed by atoms with Crippen molar-refractivity contribution in [2.75, 3.05) is 0 Å². The van der Waals surface area contributed by atoms with Gasteiger partial charge < -0.3 is 5.11 Å². The van der Waals surface area contributed by atoms with E-state index in [-0.39, 0.29) is 0 Å². The highest BCUT2D eigenvalue weighted by atomic mass is 16.4. The van der Waals surface area contributed by atoms with Gasteiger partial charge in [-0.1, -0.05) is 13.5 Å². The van der Waals surface area contributed by atoms with Gasteiger partial charge in [-0.3, -0.25) is 0 Å². The van der Waals surface area contributed by atoms with Crippen molar-refractivity contribution in [1.29, 1.82) is 0 Å². The number of hydrogen-bond donors (Lipinski definition) is 1. The summed E-state index contributed by atoms with van der Waals surface area (Å²) in [5.41, 5.74) is -0.414. The fourth-order valence-corrected chi connectivity index (χ4v) is 0.107. The van der Waals surface area contributed by atoms with Crippen LogP contribution in [0.3, 0.4) is 0 Å². The van der Waals surface area contributed by atoms with Crippen molar-refractivity contribution in [2.24, 2.45) is 0 Å². The molecule has 0 amide bonds. The second-order valence-electron chi connectivity index (χ2n) is 1.03. The summed E-state index contributed by atoms with van der Waals surface area (Å²) in [6, 6.07) is 0. The number of carbonyl (C=O) groups is 1. The lowest BCUT2D eigenvalue weighted by Crippen LogP contribution is -1.95. The first-order chi connectivity index (χ1) is 3.85. The molecule has 0 aromatic rings. The molecule has 0 rings (SSSR count). The summed E-state index contributed by atoms with van der Waals surface area (Å²) >= 11 is 0. The molecule has 0 heterocycles. The van der Waals surface area contributed by atoms with Gasteiger partial charge in [-0.2, -0.15) is 0 Å². The van der Waals surface area contributed by atoms with Crippen molar-refractivity contribution < 1.29 is 12.6 Å². The number of carboxylic acid groups (broad SMARTS) is 1. The Hall–Kier alpha value is -0.790. The normalized spacial score (nSPS) is 14.4. The topological polar surface area (TPSA) is 37.3 Å². The van der Waals surface area contributed by atoms with Gasteiger partial charge in [0.15, 0.2) is 0 Å². The molecule has 0 unspecified atom stereocenters. The first-order valence-corrected chi connectivity index (χ1v) is 1.78. The van der Waals surface area contributed by atoms with E-state index in [1.54, 1.807) is 0 Å². The van der Waals surface area contributed by atoms with E-state index in [2.05, 4.69) is 6.58 Å². The standard InChI is InChI=1S/C5H8O2/c1-3-4(2)5(6)7/h2-3H2,1H3,(H,6,7)/i3D2. The molecule has 7 heavy (non-hydrogen) atoms. The van der Waals surface area contributed by atoms with Gasteiger partial charge >= 0.3 is 5.97 Å². The Labute approximate surface area is 45.3 Å². The van der Waals surface area contributed by atoms with Crippen LogP contribution < -0.4 is 0 Å². The molecule has 0 aliphatic heterocycles. The van der Waals surface area contributed by atoms with E-state index in [1.807, 2.05) is 0 Å². The molecule has 0 spiro atoms. The summed E-state index contributed by atoms with van der Waals surface area (Å²) in [4.78, 5) is 10.0. The Bertz CT molecular complexity index is 146. The second kappa shape index (κ2) is 2.39. The molecular formula is C5H8O2. The highest BCUT2D eigenvalue weighted by Crippen LogP contribution is 1.93. The average Bonchev–Trinajstić information content (AvgIpc) is 1.62. The number of carboxylic acids is 1. The van der Waals surface area contributed by atoms with Crippen LogP contribution in [0.5, 0.6) is 0 Å². The highest BCUT2D eigenvalue weighted by Gasteiger charge is 1.96. The zero-order valence-corrected chi connectivity index (χ0v) is 4.06. The molecule has 1 N–H and O–H groups in total. The minimum Gasteiger partial charge on any atom is -0.478 e. The fraction of sp³-hybridized carbons (Fsp3) is 0.400. The largest absolute Gasteiger partial charge is 0.478 e. The first kappa shape index (κ1) is 3.24. The lowest BCUT2D eigenvalue weighted by atomic mass is 10.2. The average molecular weight is 102 g/mol. The summed E-state index contributed by atoms with van der Waals surface area (Å²) in [5, 5.41) is 8.18. The minimum atomic E-state index is -1.81. The van der Waals surface area contributed by atoms with Crippen LogP contribution in [0.25, 0.3) is 0 Å². The van der Waals surface area contributed by atoms with Gasteiger partial charge in [0.05, 0.1) is 0 Å². The molecule has 0 saturated carbocycles. The quantitative estimate of drug-likeness (QED) is 0.529. The smallest absolute Gasteiger partial charge is 0.330 e. The van der Waals surface area contributed by atoms with Crippen molar-refractivity contribution in [3.8, 4) is 0 Å². The van der Waals surface area contributed by atoms with Crippen molar-refractivity contribution in [3.05, 3.63) is 12.2 Å². The van der Waals surface area contributed by atoms with Gasteiger partial charge in [0.2, 0.25) is 0 Å². The van der Waals surface area contributed by atoms with Crippen LogP contribution in [-0.4, -0.2) is 11.1 Å². The predicted molar refractivity (Wildman–Crippen MR) is 27.1 cm³/mol. The van der Waals surface area contributed by atoms with Crippen LogP contribution in [0.2, 0.25) is 0 Å². The number of hydrogen-bond acceptors (Lipinski definition) is 1. The Kier molecular flexibility index (Phi) is 1.11.